The fraction of sp³-hybridized carbons (Fsp3) is 0.452. The van der Waals surface area contributed by atoms with E-state index in [4.69, 9.17) is 18.9 Å². The number of Topliss-reactive ketones (excluding diaryl/α,β-unsaturated/α-hetero) is 2. The zero-order valence-electron chi connectivity index (χ0n) is 24.9. The third kappa shape index (κ3) is 11.4. The number of carbonyl (C=O) groups excluding carboxylic acids is 2. The Hall–Kier alpha value is -4.09. The molecule has 3 aromatic heterocycles. The highest BCUT2D eigenvalue weighted by molar-refractivity contribution is 5.75. The van der Waals surface area contributed by atoms with E-state index in [2.05, 4.69) is 25.6 Å². The number of ketones is 2. The van der Waals surface area contributed by atoms with Crippen LogP contribution in [0, 0.1) is 0 Å². The number of ether oxygens (including phenoxy) is 4. The van der Waals surface area contributed by atoms with Crippen molar-refractivity contribution >= 4 is 11.6 Å². The number of aromatic nitrogens is 3. The zero-order chi connectivity index (χ0) is 30.2. The second-order valence-corrected chi connectivity index (χ2v) is 9.88. The molecule has 3 rings (SSSR count). The minimum Gasteiger partial charge on any atom is -0.481 e. The van der Waals surface area contributed by atoms with Crippen molar-refractivity contribution in [3.05, 3.63) is 65.0 Å². The number of nitrogens with zero attached hydrogens (tertiary/aromatic N) is 3. The minimum absolute atomic E-state index is 0.192. The number of carbonyl (C=O) groups is 2. The van der Waals surface area contributed by atoms with Crippen molar-refractivity contribution in [3.63, 3.8) is 0 Å². The van der Waals surface area contributed by atoms with Gasteiger partial charge in [0.1, 0.15) is 24.8 Å². The summed E-state index contributed by atoms with van der Waals surface area (Å²) >= 11 is 0. The minimum atomic E-state index is 0.192. The number of methoxy groups -OCH3 is 2. The molecule has 2 N–H and O–H groups in total. The zero-order valence-corrected chi connectivity index (χ0v) is 24.9. The number of hydrogen-bond donors (Lipinski definition) is 2. The molecule has 3 heterocycles. The first-order chi connectivity index (χ1) is 20.4. The van der Waals surface area contributed by atoms with Crippen LogP contribution in [0.4, 0.5) is 0 Å². The predicted octanol–water partition coefficient (Wildman–Crippen LogP) is 3.96. The lowest BCUT2D eigenvalue weighted by atomic mass is 10.2. The molecule has 0 saturated heterocycles. The average Bonchev–Trinajstić information content (AvgIpc) is 2.99. The van der Waals surface area contributed by atoms with Crippen molar-refractivity contribution in [1.82, 2.24) is 25.6 Å². The van der Waals surface area contributed by atoms with E-state index in [1.807, 2.05) is 18.2 Å². The molecule has 0 amide bonds. The van der Waals surface area contributed by atoms with Gasteiger partial charge in [-0.1, -0.05) is 0 Å². The summed E-state index contributed by atoms with van der Waals surface area (Å²) in [4.78, 5) is 35.4. The molecule has 0 aliphatic carbocycles. The molecule has 0 fully saturated rings. The van der Waals surface area contributed by atoms with Gasteiger partial charge in [0.05, 0.1) is 14.2 Å². The number of nitrogens with one attached hydrogen (secondary N) is 2. The van der Waals surface area contributed by atoms with E-state index in [1.165, 1.54) is 0 Å². The molecular formula is C31H41N5O6. The molecule has 3 aromatic rings. The lowest BCUT2D eigenvalue weighted by Crippen LogP contribution is -2.16. The second-order valence-electron chi connectivity index (χ2n) is 9.88. The Morgan fingerprint density at radius 3 is 1.57 bits per heavy atom. The van der Waals surface area contributed by atoms with Crippen LogP contribution in [0.15, 0.2) is 42.7 Å². The molecule has 42 heavy (non-hydrogen) atoms. The van der Waals surface area contributed by atoms with Crippen molar-refractivity contribution in [2.75, 3.05) is 27.3 Å². The monoisotopic (exact) mass is 579 g/mol. The van der Waals surface area contributed by atoms with Crippen LogP contribution < -0.4 is 29.6 Å². The van der Waals surface area contributed by atoms with E-state index in [1.54, 1.807) is 52.6 Å². The van der Waals surface area contributed by atoms with Crippen LogP contribution in [0.2, 0.25) is 0 Å². The highest BCUT2D eigenvalue weighted by atomic mass is 16.5. The fourth-order valence-corrected chi connectivity index (χ4v) is 4.07. The SMILES string of the molecule is COc1nc(OCc2cncc(COc3ccc(CNCCCC(C)=O)c(OC)n3)c2)ccc1CNCCCC(C)=O. The van der Waals surface area contributed by atoms with Crippen molar-refractivity contribution in [2.45, 2.75) is 65.8 Å². The smallest absolute Gasteiger partial charge is 0.220 e. The molecule has 0 unspecified atom stereocenters. The van der Waals surface area contributed by atoms with Crippen molar-refractivity contribution in [2.24, 2.45) is 0 Å². The Balaban J connectivity index is 1.49. The summed E-state index contributed by atoms with van der Waals surface area (Å²) in [5, 5.41) is 6.61. The molecule has 0 radical (unpaired) electrons. The van der Waals surface area contributed by atoms with E-state index in [0.29, 0.717) is 49.5 Å². The van der Waals surface area contributed by atoms with Gasteiger partial charge in [-0.3, -0.25) is 4.98 Å². The molecule has 11 nitrogen and oxygen atoms in total. The molecule has 0 atom stereocenters. The van der Waals surface area contributed by atoms with E-state index >= 15 is 0 Å². The Bertz CT molecular complexity index is 1210. The Morgan fingerprint density at radius 2 is 1.17 bits per heavy atom. The van der Waals surface area contributed by atoms with Gasteiger partial charge in [0.15, 0.2) is 0 Å². The number of rotatable bonds is 20. The third-order valence-corrected chi connectivity index (χ3v) is 6.23. The Kier molecular flexibility index (Phi) is 13.6. The number of pyridine rings is 3. The molecule has 226 valence electrons. The van der Waals surface area contributed by atoms with Gasteiger partial charge in [-0.05, 0) is 58.0 Å². The van der Waals surface area contributed by atoms with Crippen molar-refractivity contribution in [3.8, 4) is 23.5 Å². The maximum atomic E-state index is 11.1. The number of hydrogen-bond acceptors (Lipinski definition) is 11. The molecule has 0 spiro atoms. The molecular weight excluding hydrogens is 538 g/mol. The molecule has 0 bridgehead atoms. The first-order valence-electron chi connectivity index (χ1n) is 14.0. The highest BCUT2D eigenvalue weighted by Crippen LogP contribution is 2.22. The fourth-order valence-electron chi connectivity index (χ4n) is 4.07. The predicted molar refractivity (Wildman–Crippen MR) is 158 cm³/mol. The Morgan fingerprint density at radius 1 is 0.714 bits per heavy atom. The average molecular weight is 580 g/mol. The van der Waals surface area contributed by atoms with Crippen LogP contribution in [-0.2, 0) is 35.9 Å². The van der Waals surface area contributed by atoms with E-state index in [-0.39, 0.29) is 24.8 Å². The van der Waals surface area contributed by atoms with Gasteiger partial charge in [0.25, 0.3) is 0 Å². The topological polar surface area (TPSA) is 134 Å². The maximum Gasteiger partial charge on any atom is 0.220 e. The third-order valence-electron chi connectivity index (χ3n) is 6.23. The van der Waals surface area contributed by atoms with E-state index in [9.17, 15) is 9.59 Å². The van der Waals surface area contributed by atoms with E-state index < -0.39 is 0 Å². The van der Waals surface area contributed by atoms with Gasteiger partial charge in [-0.15, -0.1) is 0 Å². The maximum absolute atomic E-state index is 11.1. The first-order valence-corrected chi connectivity index (χ1v) is 14.0. The van der Waals surface area contributed by atoms with Gasteiger partial charge < -0.3 is 39.2 Å². The van der Waals surface area contributed by atoms with Gasteiger partial charge in [-0.25, -0.2) is 0 Å². The summed E-state index contributed by atoms with van der Waals surface area (Å²) in [6, 6.07) is 9.40. The molecule has 11 heteroatoms. The Labute approximate surface area is 247 Å². The van der Waals surface area contributed by atoms with Gasteiger partial charge in [-0.2, -0.15) is 9.97 Å². The molecule has 0 aliphatic heterocycles. The highest BCUT2D eigenvalue weighted by Gasteiger charge is 2.10. The molecule has 0 aliphatic rings. The summed E-state index contributed by atoms with van der Waals surface area (Å²) in [7, 11) is 3.15. The van der Waals surface area contributed by atoms with Crippen molar-refractivity contribution in [1.29, 1.82) is 0 Å². The van der Waals surface area contributed by atoms with Gasteiger partial charge >= 0.3 is 0 Å². The van der Waals surface area contributed by atoms with Crippen LogP contribution in [0.1, 0.15) is 61.8 Å². The second kappa shape index (κ2) is 17.7. The summed E-state index contributed by atoms with van der Waals surface area (Å²) < 4.78 is 22.7. The standard InChI is InChI=1S/C31H41N5O6/c1-22(37)7-5-13-32-18-26-9-11-28(35-30(26)39-3)41-20-24-15-25(17-34-16-24)21-42-29-12-10-27(31(36-29)40-4)19-33-14-6-8-23(2)38/h9-12,15-17,32-33H,5-8,13-14,18-21H2,1-4H3. The normalized spacial score (nSPS) is 10.8. The van der Waals surface area contributed by atoms with Crippen LogP contribution in [0.25, 0.3) is 0 Å². The molecule has 0 aromatic carbocycles. The quantitative estimate of drug-likeness (QED) is 0.188. The lowest BCUT2D eigenvalue weighted by Gasteiger charge is -2.12. The summed E-state index contributed by atoms with van der Waals surface area (Å²) in [6.07, 6.45) is 6.20. The van der Waals surface area contributed by atoms with Crippen LogP contribution in [0.5, 0.6) is 23.5 Å². The van der Waals surface area contributed by atoms with Gasteiger partial charge in [0.2, 0.25) is 23.5 Å². The van der Waals surface area contributed by atoms with Crippen LogP contribution in [0.3, 0.4) is 0 Å². The molecule has 0 saturated carbocycles. The summed E-state index contributed by atoms with van der Waals surface area (Å²) in [6.45, 7) is 6.41. The summed E-state index contributed by atoms with van der Waals surface area (Å²) in [5.74, 6) is 2.25. The van der Waals surface area contributed by atoms with Crippen molar-refractivity contribution < 1.29 is 28.5 Å². The van der Waals surface area contributed by atoms with Crippen LogP contribution >= 0.6 is 0 Å². The van der Waals surface area contributed by atoms with Crippen LogP contribution in [-0.4, -0.2) is 53.8 Å². The summed E-state index contributed by atoms with van der Waals surface area (Å²) in [5.41, 5.74) is 3.55. The largest absolute Gasteiger partial charge is 0.481 e. The first kappa shape index (κ1) is 32.4. The van der Waals surface area contributed by atoms with Gasteiger partial charge in [0, 0.05) is 72.7 Å². The lowest BCUT2D eigenvalue weighted by molar-refractivity contribution is -0.117. The van der Waals surface area contributed by atoms with E-state index in [0.717, 1.165) is 48.2 Å².